The maximum absolute atomic E-state index is 11.9. The van der Waals surface area contributed by atoms with Crippen LogP contribution in [0.4, 0.5) is 0 Å². The summed E-state index contributed by atoms with van der Waals surface area (Å²) in [6, 6.07) is 0. The molecule has 1 rings (SSSR count). The monoisotopic (exact) mass is 209 g/mol. The summed E-state index contributed by atoms with van der Waals surface area (Å²) in [5.41, 5.74) is 6.28. The summed E-state index contributed by atoms with van der Waals surface area (Å²) < 4.78 is 1.69. The molecule has 0 saturated heterocycles. The molecule has 0 aliphatic heterocycles. The standard InChI is InChI=1S/C11H19N3O/c1-4-11(12,5-2)10(15)6-9-7-13-14(3)8-9/h7-8H,4-6,12H2,1-3H3. The number of Topliss-reactive ketones (excluding diaryl/α,β-unsaturated/α-hetero) is 1. The largest absolute Gasteiger partial charge is 0.319 e. The summed E-state index contributed by atoms with van der Waals surface area (Å²) in [5, 5.41) is 4.03. The molecule has 1 heterocycles. The summed E-state index contributed by atoms with van der Waals surface area (Å²) in [6.45, 7) is 3.90. The zero-order valence-corrected chi connectivity index (χ0v) is 9.66. The highest BCUT2D eigenvalue weighted by atomic mass is 16.1. The van der Waals surface area contributed by atoms with Gasteiger partial charge in [0.2, 0.25) is 0 Å². The van der Waals surface area contributed by atoms with Gasteiger partial charge in [-0.25, -0.2) is 0 Å². The number of rotatable bonds is 5. The third-order valence-electron chi connectivity index (χ3n) is 2.94. The first-order valence-corrected chi connectivity index (χ1v) is 5.31. The fraction of sp³-hybridized carbons (Fsp3) is 0.636. The predicted octanol–water partition coefficient (Wildman–Crippen LogP) is 1.05. The van der Waals surface area contributed by atoms with Crippen LogP contribution in [0.2, 0.25) is 0 Å². The average Bonchev–Trinajstić information content (AvgIpc) is 2.62. The quantitative estimate of drug-likeness (QED) is 0.788. The molecule has 0 unspecified atom stereocenters. The van der Waals surface area contributed by atoms with Gasteiger partial charge in [-0.05, 0) is 18.4 Å². The van der Waals surface area contributed by atoms with Crippen molar-refractivity contribution in [1.82, 2.24) is 9.78 Å². The Morgan fingerprint density at radius 2 is 2.13 bits per heavy atom. The van der Waals surface area contributed by atoms with Crippen molar-refractivity contribution in [3.8, 4) is 0 Å². The summed E-state index contributed by atoms with van der Waals surface area (Å²) in [7, 11) is 1.84. The van der Waals surface area contributed by atoms with E-state index in [9.17, 15) is 4.79 Å². The minimum atomic E-state index is -0.671. The summed E-state index contributed by atoms with van der Waals surface area (Å²) in [4.78, 5) is 11.9. The zero-order chi connectivity index (χ0) is 11.5. The van der Waals surface area contributed by atoms with Crippen molar-refractivity contribution in [2.24, 2.45) is 12.8 Å². The predicted molar refractivity (Wildman–Crippen MR) is 59.4 cm³/mol. The van der Waals surface area contributed by atoms with Crippen LogP contribution in [0.5, 0.6) is 0 Å². The SMILES string of the molecule is CCC(N)(CC)C(=O)Cc1cnn(C)c1. The van der Waals surface area contributed by atoms with Gasteiger partial charge in [0, 0.05) is 19.7 Å². The number of aryl methyl sites for hydroxylation is 1. The van der Waals surface area contributed by atoms with Crippen LogP contribution in [-0.4, -0.2) is 21.1 Å². The minimum absolute atomic E-state index is 0.0977. The third-order valence-corrected chi connectivity index (χ3v) is 2.94. The van der Waals surface area contributed by atoms with Gasteiger partial charge in [-0.3, -0.25) is 9.48 Å². The van der Waals surface area contributed by atoms with E-state index < -0.39 is 5.54 Å². The van der Waals surface area contributed by atoms with Crippen molar-refractivity contribution in [3.05, 3.63) is 18.0 Å². The topological polar surface area (TPSA) is 60.9 Å². The van der Waals surface area contributed by atoms with Crippen molar-refractivity contribution in [2.45, 2.75) is 38.6 Å². The Balaban J connectivity index is 2.70. The van der Waals surface area contributed by atoms with Gasteiger partial charge in [0.15, 0.2) is 5.78 Å². The molecule has 0 radical (unpaired) electrons. The second-order valence-corrected chi connectivity index (χ2v) is 3.99. The average molecular weight is 209 g/mol. The van der Waals surface area contributed by atoms with Crippen LogP contribution in [0, 0.1) is 0 Å². The van der Waals surface area contributed by atoms with Crippen molar-refractivity contribution in [3.63, 3.8) is 0 Å². The molecule has 0 saturated carbocycles. The molecule has 4 nitrogen and oxygen atoms in total. The van der Waals surface area contributed by atoms with Crippen molar-refractivity contribution >= 4 is 5.78 Å². The van der Waals surface area contributed by atoms with Crippen molar-refractivity contribution < 1.29 is 4.79 Å². The maximum atomic E-state index is 11.9. The van der Waals surface area contributed by atoms with Crippen LogP contribution in [0.15, 0.2) is 12.4 Å². The minimum Gasteiger partial charge on any atom is -0.319 e. The molecule has 0 aliphatic rings. The highest BCUT2D eigenvalue weighted by Crippen LogP contribution is 2.15. The molecule has 15 heavy (non-hydrogen) atoms. The van der Waals surface area contributed by atoms with Crippen molar-refractivity contribution in [1.29, 1.82) is 0 Å². The van der Waals surface area contributed by atoms with E-state index in [4.69, 9.17) is 5.73 Å². The van der Waals surface area contributed by atoms with E-state index in [1.807, 2.05) is 27.1 Å². The van der Waals surface area contributed by atoms with Gasteiger partial charge in [-0.15, -0.1) is 0 Å². The van der Waals surface area contributed by atoms with Gasteiger partial charge >= 0.3 is 0 Å². The van der Waals surface area contributed by atoms with E-state index in [-0.39, 0.29) is 5.78 Å². The molecule has 1 aromatic heterocycles. The summed E-state index contributed by atoms with van der Waals surface area (Å²) in [5.74, 6) is 0.0977. The molecule has 2 N–H and O–H groups in total. The fourth-order valence-electron chi connectivity index (χ4n) is 1.57. The fourth-order valence-corrected chi connectivity index (χ4v) is 1.57. The second kappa shape index (κ2) is 4.57. The second-order valence-electron chi connectivity index (χ2n) is 3.99. The molecule has 84 valence electrons. The molecular formula is C11H19N3O. The lowest BCUT2D eigenvalue weighted by Crippen LogP contribution is -2.47. The van der Waals surface area contributed by atoms with E-state index >= 15 is 0 Å². The van der Waals surface area contributed by atoms with Crippen LogP contribution in [-0.2, 0) is 18.3 Å². The van der Waals surface area contributed by atoms with Crippen LogP contribution in [0.25, 0.3) is 0 Å². The number of aromatic nitrogens is 2. The lowest BCUT2D eigenvalue weighted by molar-refractivity contribution is -0.123. The molecule has 0 atom stereocenters. The molecule has 0 aromatic carbocycles. The molecule has 0 aliphatic carbocycles. The Kier molecular flexibility index (Phi) is 3.63. The molecule has 0 spiro atoms. The van der Waals surface area contributed by atoms with Crippen molar-refractivity contribution in [2.75, 3.05) is 0 Å². The first kappa shape index (κ1) is 11.9. The molecule has 0 bridgehead atoms. The first-order valence-electron chi connectivity index (χ1n) is 5.31. The summed E-state index contributed by atoms with van der Waals surface area (Å²) >= 11 is 0. The van der Waals surface area contributed by atoms with E-state index in [2.05, 4.69) is 5.10 Å². The number of nitrogens with two attached hydrogens (primary N) is 1. The van der Waals surface area contributed by atoms with Crippen LogP contribution >= 0.6 is 0 Å². The van der Waals surface area contributed by atoms with Gasteiger partial charge in [-0.1, -0.05) is 13.8 Å². The Labute approximate surface area is 90.5 Å². The van der Waals surface area contributed by atoms with Gasteiger partial charge < -0.3 is 5.73 Å². The normalized spacial score (nSPS) is 11.7. The number of ketones is 1. The highest BCUT2D eigenvalue weighted by Gasteiger charge is 2.29. The Hall–Kier alpha value is -1.16. The van der Waals surface area contributed by atoms with E-state index in [0.29, 0.717) is 19.3 Å². The van der Waals surface area contributed by atoms with E-state index in [0.717, 1.165) is 5.56 Å². The Morgan fingerprint density at radius 1 is 1.53 bits per heavy atom. The molecule has 1 aromatic rings. The summed E-state index contributed by atoms with van der Waals surface area (Å²) in [6.07, 6.45) is 5.31. The number of carbonyl (C=O) groups excluding carboxylic acids is 1. The van der Waals surface area contributed by atoms with E-state index in [1.165, 1.54) is 0 Å². The lowest BCUT2D eigenvalue weighted by Gasteiger charge is -2.24. The van der Waals surface area contributed by atoms with Crippen LogP contribution in [0.1, 0.15) is 32.3 Å². The molecule has 0 amide bonds. The number of hydrogen-bond acceptors (Lipinski definition) is 3. The smallest absolute Gasteiger partial charge is 0.157 e. The first-order chi connectivity index (χ1) is 7.01. The number of hydrogen-bond donors (Lipinski definition) is 1. The lowest BCUT2D eigenvalue weighted by atomic mass is 9.86. The maximum Gasteiger partial charge on any atom is 0.157 e. The Bertz CT molecular complexity index is 339. The number of carbonyl (C=O) groups is 1. The molecule has 0 fully saturated rings. The molecule has 4 heteroatoms. The van der Waals surface area contributed by atoms with Crippen LogP contribution < -0.4 is 5.73 Å². The van der Waals surface area contributed by atoms with Crippen LogP contribution in [0.3, 0.4) is 0 Å². The number of nitrogens with zero attached hydrogens (tertiary/aromatic N) is 2. The zero-order valence-electron chi connectivity index (χ0n) is 9.66. The molecular weight excluding hydrogens is 190 g/mol. The van der Waals surface area contributed by atoms with Gasteiger partial charge in [0.1, 0.15) is 0 Å². The van der Waals surface area contributed by atoms with E-state index in [1.54, 1.807) is 10.9 Å². The Morgan fingerprint density at radius 3 is 2.53 bits per heavy atom. The van der Waals surface area contributed by atoms with Gasteiger partial charge in [0.25, 0.3) is 0 Å². The van der Waals surface area contributed by atoms with Gasteiger partial charge in [-0.2, -0.15) is 5.10 Å². The highest BCUT2D eigenvalue weighted by molar-refractivity contribution is 5.89. The third kappa shape index (κ3) is 2.65. The van der Waals surface area contributed by atoms with Gasteiger partial charge in [0.05, 0.1) is 11.7 Å².